The van der Waals surface area contributed by atoms with Gasteiger partial charge in [0.1, 0.15) is 22.3 Å². The molecule has 0 bridgehead atoms. The van der Waals surface area contributed by atoms with E-state index < -0.39 is 0 Å². The zero-order valence-electron chi connectivity index (χ0n) is 60.3. The number of hydrogen-bond acceptors (Lipinski definition) is 8. The van der Waals surface area contributed by atoms with Crippen LogP contribution >= 0.6 is 0 Å². The molecule has 0 fully saturated rings. The maximum atomic E-state index is 6.84. The second kappa shape index (κ2) is 26.4. The van der Waals surface area contributed by atoms with Crippen molar-refractivity contribution in [3.63, 3.8) is 0 Å². The van der Waals surface area contributed by atoms with E-state index in [-0.39, 0.29) is 0 Å². The monoisotopic (exact) mass is 1430 g/mol. The molecule has 23 rings (SSSR count). The van der Waals surface area contributed by atoms with Crippen molar-refractivity contribution in [2.24, 2.45) is 0 Å². The molecule has 520 valence electrons. The molecule has 6 aromatic heterocycles. The zero-order chi connectivity index (χ0) is 73.7. The van der Waals surface area contributed by atoms with Crippen molar-refractivity contribution < 1.29 is 8.83 Å². The van der Waals surface area contributed by atoms with Crippen LogP contribution in [0.15, 0.2) is 385 Å². The molecule has 0 unspecified atom stereocenters. The van der Waals surface area contributed by atoms with E-state index in [0.717, 1.165) is 155 Å². The molecule has 0 atom stereocenters. The van der Waals surface area contributed by atoms with E-state index in [0.29, 0.717) is 11.6 Å². The maximum absolute atomic E-state index is 6.84. The fourth-order valence-corrected chi connectivity index (χ4v) is 16.8. The van der Waals surface area contributed by atoms with E-state index in [2.05, 4.69) is 273 Å². The summed E-state index contributed by atoms with van der Waals surface area (Å²) in [5.41, 5.74) is 20.5. The number of hydrogen-bond donors (Lipinski definition) is 0. The van der Waals surface area contributed by atoms with Crippen LogP contribution in [0.1, 0.15) is 0 Å². The third-order valence-electron chi connectivity index (χ3n) is 22.1. The minimum absolute atomic E-state index is 0.621. The lowest BCUT2D eigenvalue weighted by atomic mass is 9.92. The number of benzene rings is 17. The van der Waals surface area contributed by atoms with Crippen LogP contribution in [0, 0.1) is 0 Å². The number of nitrogens with zero attached hydrogens (tertiary/aromatic N) is 6. The molecule has 0 aliphatic heterocycles. The maximum Gasteiger partial charge on any atom is 0.161 e. The highest BCUT2D eigenvalue weighted by molar-refractivity contribution is 6.29. The van der Waals surface area contributed by atoms with Crippen LogP contribution < -0.4 is 0 Å². The van der Waals surface area contributed by atoms with Gasteiger partial charge in [0.25, 0.3) is 0 Å². The minimum Gasteiger partial charge on any atom is -0.455 e. The molecule has 0 aliphatic rings. The molecule has 112 heavy (non-hydrogen) atoms. The van der Waals surface area contributed by atoms with Crippen molar-refractivity contribution in [3.05, 3.63) is 376 Å². The SMILES string of the molecule is c1ccc(-c2cc(-c3ccc(-c4ccc5nc(-c6ccc7c8ccccc8c8ccccc8c7c6)c6c7ccccc7oc6c5c4)cc3)nc(-c3ccccc3)n2)cc1.c1ccc(-c2cc(-c3ccccc3)nc(-c3cccc4nc(-c5ccc6c7ccccc7c7ccccc7c6c5)c5c6ccccc6oc5c34)n2)cc1. The molecule has 23 aromatic rings. The molecule has 0 spiro atoms. The van der Waals surface area contributed by atoms with Crippen LogP contribution in [-0.4, -0.2) is 29.9 Å². The van der Waals surface area contributed by atoms with E-state index in [9.17, 15) is 0 Å². The number of para-hydroxylation sites is 2. The van der Waals surface area contributed by atoms with Gasteiger partial charge in [-0.2, -0.15) is 0 Å². The topological polar surface area (TPSA) is 104 Å². The van der Waals surface area contributed by atoms with Gasteiger partial charge in [-0.05, 0) is 130 Å². The second-order valence-electron chi connectivity index (χ2n) is 28.6. The number of rotatable bonds is 9. The second-order valence-corrected chi connectivity index (χ2v) is 28.6. The minimum atomic E-state index is 0.621. The average molecular weight is 1430 g/mol. The zero-order valence-corrected chi connectivity index (χ0v) is 60.3. The van der Waals surface area contributed by atoms with Crippen LogP contribution in [0.5, 0.6) is 0 Å². The van der Waals surface area contributed by atoms with Gasteiger partial charge in [0.05, 0.1) is 61.4 Å². The van der Waals surface area contributed by atoms with Gasteiger partial charge in [-0.15, -0.1) is 0 Å². The van der Waals surface area contributed by atoms with Crippen LogP contribution in [-0.2, 0) is 0 Å². The van der Waals surface area contributed by atoms with Gasteiger partial charge in [-0.3, -0.25) is 0 Å². The van der Waals surface area contributed by atoms with Crippen LogP contribution in [0.2, 0.25) is 0 Å². The lowest BCUT2D eigenvalue weighted by molar-refractivity contribution is 0.672. The fraction of sp³-hybridized carbons (Fsp3) is 0. The third-order valence-corrected chi connectivity index (χ3v) is 22.1. The average Bonchev–Trinajstić information content (AvgIpc) is 1.45. The van der Waals surface area contributed by atoms with E-state index in [4.69, 9.17) is 38.7 Å². The van der Waals surface area contributed by atoms with Gasteiger partial charge in [0.15, 0.2) is 11.6 Å². The van der Waals surface area contributed by atoms with Crippen LogP contribution in [0.4, 0.5) is 0 Å². The first-order valence-electron chi connectivity index (χ1n) is 37.8. The van der Waals surface area contributed by atoms with E-state index >= 15 is 0 Å². The highest BCUT2D eigenvalue weighted by atomic mass is 16.3. The molecule has 0 saturated carbocycles. The molecule has 0 N–H and O–H groups in total. The molecule has 17 aromatic carbocycles. The summed E-state index contributed by atoms with van der Waals surface area (Å²) in [6.45, 7) is 0. The Morgan fingerprint density at radius 2 is 0.500 bits per heavy atom. The normalized spacial score (nSPS) is 11.8. The summed E-state index contributed by atoms with van der Waals surface area (Å²) in [6.07, 6.45) is 0. The predicted octanol–water partition coefficient (Wildman–Crippen LogP) is 27.8. The molecule has 6 heterocycles. The lowest BCUT2D eigenvalue weighted by Gasteiger charge is -2.14. The van der Waals surface area contributed by atoms with Crippen molar-refractivity contribution >= 4 is 130 Å². The Morgan fingerprint density at radius 3 is 0.964 bits per heavy atom. The molecule has 0 radical (unpaired) electrons. The van der Waals surface area contributed by atoms with Gasteiger partial charge >= 0.3 is 0 Å². The quantitative estimate of drug-likeness (QED) is 0.132. The van der Waals surface area contributed by atoms with Crippen molar-refractivity contribution in [3.8, 4) is 101 Å². The first kappa shape index (κ1) is 64.1. The lowest BCUT2D eigenvalue weighted by Crippen LogP contribution is -1.97. The summed E-state index contributed by atoms with van der Waals surface area (Å²) < 4.78 is 13.6. The summed E-state index contributed by atoms with van der Waals surface area (Å²) in [5.74, 6) is 1.32. The highest BCUT2D eigenvalue weighted by Gasteiger charge is 2.25. The smallest absolute Gasteiger partial charge is 0.161 e. The Kier molecular flexibility index (Phi) is 15.1. The van der Waals surface area contributed by atoms with Gasteiger partial charge in [0, 0.05) is 60.7 Å². The van der Waals surface area contributed by atoms with Gasteiger partial charge in [0.2, 0.25) is 0 Å². The van der Waals surface area contributed by atoms with Gasteiger partial charge in [-0.25, -0.2) is 29.9 Å². The molecular weight excluding hydrogens is 1370 g/mol. The standard InChI is InChI=1S/C55H33N3O.C49H29N3O/c1-3-13-35(14-4-1)49-33-50(58-55(57-49)37-15-5-2-6-16-37)36-25-23-34(24-26-36)38-28-30-48-47(31-38)54-52(45-21-11-12-22-51(45)59-54)53(56-48)39-27-29-44-42-19-8-7-17-40(42)41-18-9-10-20-43(41)46(44)32-39;1-3-14-30(15-4-1)42-29-43(31-16-5-2-6-17-31)52-49(51-42)39-23-13-24-41-45(39)48-46(38-22-11-12-25-44(38)53-48)47(50-41)32-26-27-37-35-20-8-7-18-33(35)34-19-9-10-21-36(34)40(37)28-32/h1-33H;1-29H. The number of aromatic nitrogens is 6. The summed E-state index contributed by atoms with van der Waals surface area (Å²) >= 11 is 0. The Labute approximate surface area is 642 Å². The van der Waals surface area contributed by atoms with E-state index in [1.54, 1.807) is 0 Å². The van der Waals surface area contributed by atoms with Crippen molar-refractivity contribution in [1.82, 2.24) is 29.9 Å². The number of furan rings is 2. The molecule has 0 aliphatic carbocycles. The summed E-state index contributed by atoms with van der Waals surface area (Å²) in [5, 5.41) is 20.8. The molecular formula is C104H62N6O2. The molecule has 8 heteroatoms. The van der Waals surface area contributed by atoms with Crippen LogP contribution in [0.25, 0.3) is 232 Å². The summed E-state index contributed by atoms with van der Waals surface area (Å²) in [6, 6.07) is 131. The number of fused-ring (bicyclic) bond motifs is 22. The Bertz CT molecular complexity index is 7550. The Morgan fingerprint density at radius 1 is 0.170 bits per heavy atom. The Balaban J connectivity index is 0.000000138. The first-order chi connectivity index (χ1) is 55.5. The third kappa shape index (κ3) is 10.8. The van der Waals surface area contributed by atoms with E-state index in [1.807, 2.05) is 103 Å². The van der Waals surface area contributed by atoms with Crippen molar-refractivity contribution in [1.29, 1.82) is 0 Å². The van der Waals surface area contributed by atoms with Crippen molar-refractivity contribution in [2.75, 3.05) is 0 Å². The Hall–Kier alpha value is -15.1. The molecule has 0 amide bonds. The van der Waals surface area contributed by atoms with E-state index in [1.165, 1.54) is 64.6 Å². The predicted molar refractivity (Wildman–Crippen MR) is 463 cm³/mol. The first-order valence-corrected chi connectivity index (χ1v) is 37.8. The summed E-state index contributed by atoms with van der Waals surface area (Å²) in [7, 11) is 0. The van der Waals surface area contributed by atoms with Gasteiger partial charge < -0.3 is 8.83 Å². The number of pyridine rings is 2. The summed E-state index contributed by atoms with van der Waals surface area (Å²) in [4.78, 5) is 31.3. The van der Waals surface area contributed by atoms with Crippen LogP contribution in [0.3, 0.4) is 0 Å². The molecule has 8 nitrogen and oxygen atoms in total. The van der Waals surface area contributed by atoms with Crippen molar-refractivity contribution in [2.45, 2.75) is 0 Å². The highest BCUT2D eigenvalue weighted by Crippen LogP contribution is 2.47. The fourth-order valence-electron chi connectivity index (χ4n) is 16.8. The largest absolute Gasteiger partial charge is 0.455 e. The van der Waals surface area contributed by atoms with Gasteiger partial charge in [-0.1, -0.05) is 322 Å². The molecule has 0 saturated heterocycles.